The molecule has 0 aromatic carbocycles. The third-order valence-corrected chi connectivity index (χ3v) is 7.12. The van der Waals surface area contributed by atoms with Crippen molar-refractivity contribution in [1.82, 2.24) is 20.6 Å². The normalized spacial score (nSPS) is 19.0. The summed E-state index contributed by atoms with van der Waals surface area (Å²) in [5.41, 5.74) is 11.3. The van der Waals surface area contributed by atoms with Crippen LogP contribution in [0.25, 0.3) is 10.2 Å². The SMILES string of the molecule is Cc1ccc2c(N)c(C(=O)N[C@@H]3CCc4cc(N5CCNCC5)cnc4C3)sc2n1. The topological polar surface area (TPSA) is 96.2 Å². The van der Waals surface area contributed by atoms with Crippen molar-refractivity contribution in [3.8, 4) is 0 Å². The number of aromatic nitrogens is 2. The quantitative estimate of drug-likeness (QED) is 0.599. The lowest BCUT2D eigenvalue weighted by Gasteiger charge is -2.31. The van der Waals surface area contributed by atoms with E-state index in [4.69, 9.17) is 10.7 Å². The summed E-state index contributed by atoms with van der Waals surface area (Å²) in [7, 11) is 0. The molecule has 0 unspecified atom stereocenters. The molecule has 1 aliphatic carbocycles. The van der Waals surface area contributed by atoms with Gasteiger partial charge in [0.1, 0.15) is 9.71 Å². The second-order valence-electron chi connectivity index (χ2n) is 8.10. The van der Waals surface area contributed by atoms with E-state index >= 15 is 0 Å². The van der Waals surface area contributed by atoms with E-state index < -0.39 is 0 Å². The predicted octanol–water partition coefficient (Wildman–Crippen LogP) is 2.28. The predicted molar refractivity (Wildman–Crippen MR) is 121 cm³/mol. The number of nitrogens with zero attached hydrogens (tertiary/aromatic N) is 3. The van der Waals surface area contributed by atoms with Crippen LogP contribution in [-0.2, 0) is 12.8 Å². The molecule has 8 heteroatoms. The first-order valence-corrected chi connectivity index (χ1v) is 11.3. The number of aryl methyl sites for hydroxylation is 2. The second kappa shape index (κ2) is 7.85. The minimum absolute atomic E-state index is 0.0712. The number of amides is 1. The number of nitrogens with one attached hydrogen (secondary N) is 2. The number of hydrogen-bond acceptors (Lipinski definition) is 7. The first kappa shape index (κ1) is 19.3. The minimum atomic E-state index is -0.112. The van der Waals surface area contributed by atoms with Gasteiger partial charge in [-0.1, -0.05) is 0 Å². The molecule has 4 heterocycles. The van der Waals surface area contributed by atoms with Crippen molar-refractivity contribution in [2.24, 2.45) is 0 Å². The van der Waals surface area contributed by atoms with Crippen LogP contribution in [0, 0.1) is 6.92 Å². The molecule has 4 N–H and O–H groups in total. The Morgan fingerprint density at radius 1 is 1.33 bits per heavy atom. The molecule has 3 aromatic rings. The number of piperazine rings is 1. The molecule has 5 rings (SSSR count). The number of carbonyl (C=O) groups is 1. The molecule has 2 aliphatic rings. The molecule has 1 amide bonds. The largest absolute Gasteiger partial charge is 0.397 e. The van der Waals surface area contributed by atoms with Crippen LogP contribution in [0.4, 0.5) is 11.4 Å². The Morgan fingerprint density at radius 3 is 3.00 bits per heavy atom. The standard InChI is InChI=1S/C22H26N6OS/c1-13-2-5-17-19(23)20(30-22(17)26-13)21(29)27-15-4-3-14-10-16(12-25-18(14)11-15)28-8-6-24-7-9-28/h2,5,10,12,15,24H,3-4,6-9,11,23H2,1H3,(H,27,29)/t15-/m1/s1. The molecule has 1 atom stereocenters. The highest BCUT2D eigenvalue weighted by molar-refractivity contribution is 7.21. The summed E-state index contributed by atoms with van der Waals surface area (Å²) in [6.45, 7) is 6.01. The Bertz CT molecular complexity index is 1100. The van der Waals surface area contributed by atoms with Crippen molar-refractivity contribution in [1.29, 1.82) is 0 Å². The van der Waals surface area contributed by atoms with E-state index in [9.17, 15) is 4.79 Å². The summed E-state index contributed by atoms with van der Waals surface area (Å²) >= 11 is 1.36. The maximum atomic E-state index is 12.9. The number of anilines is 2. The lowest BCUT2D eigenvalue weighted by atomic mass is 9.91. The summed E-state index contributed by atoms with van der Waals surface area (Å²) in [6.07, 6.45) is 4.57. The van der Waals surface area contributed by atoms with Gasteiger partial charge in [0.25, 0.3) is 5.91 Å². The molecule has 3 aromatic heterocycles. The van der Waals surface area contributed by atoms with Crippen molar-refractivity contribution in [3.05, 3.63) is 46.2 Å². The summed E-state index contributed by atoms with van der Waals surface area (Å²) in [4.78, 5) is 25.9. The first-order valence-electron chi connectivity index (χ1n) is 10.5. The molecule has 0 radical (unpaired) electrons. The molecule has 0 spiro atoms. The molecule has 1 aliphatic heterocycles. The fourth-order valence-electron chi connectivity index (χ4n) is 4.32. The zero-order valence-corrected chi connectivity index (χ0v) is 17.9. The van der Waals surface area contributed by atoms with Gasteiger partial charge in [0, 0.05) is 55.4 Å². The van der Waals surface area contributed by atoms with Gasteiger partial charge in [0.15, 0.2) is 0 Å². The molecule has 0 saturated carbocycles. The van der Waals surface area contributed by atoms with Crippen LogP contribution in [0.5, 0.6) is 0 Å². The van der Waals surface area contributed by atoms with Gasteiger partial charge in [-0.25, -0.2) is 4.98 Å². The zero-order chi connectivity index (χ0) is 20.7. The van der Waals surface area contributed by atoms with Crippen LogP contribution in [0.15, 0.2) is 24.4 Å². The molecule has 1 fully saturated rings. The monoisotopic (exact) mass is 422 g/mol. The van der Waals surface area contributed by atoms with Gasteiger partial charge in [0.05, 0.1) is 17.6 Å². The summed E-state index contributed by atoms with van der Waals surface area (Å²) in [5, 5.41) is 7.41. The van der Waals surface area contributed by atoms with E-state index in [-0.39, 0.29) is 11.9 Å². The van der Waals surface area contributed by atoms with E-state index in [0.717, 1.165) is 67.0 Å². The second-order valence-corrected chi connectivity index (χ2v) is 9.10. The smallest absolute Gasteiger partial charge is 0.263 e. The third kappa shape index (κ3) is 3.61. The maximum absolute atomic E-state index is 12.9. The van der Waals surface area contributed by atoms with E-state index in [1.165, 1.54) is 22.6 Å². The molecule has 30 heavy (non-hydrogen) atoms. The van der Waals surface area contributed by atoms with E-state index in [0.29, 0.717) is 10.6 Å². The van der Waals surface area contributed by atoms with Crippen molar-refractivity contribution in [3.63, 3.8) is 0 Å². The fraction of sp³-hybridized carbons (Fsp3) is 0.409. The Kier molecular flexibility index (Phi) is 5.04. The van der Waals surface area contributed by atoms with E-state index in [2.05, 4.69) is 26.6 Å². The first-order chi connectivity index (χ1) is 14.6. The number of thiophene rings is 1. The van der Waals surface area contributed by atoms with Crippen LogP contribution in [0.1, 0.15) is 33.0 Å². The van der Waals surface area contributed by atoms with Gasteiger partial charge in [-0.3, -0.25) is 9.78 Å². The highest BCUT2D eigenvalue weighted by atomic mass is 32.1. The summed E-state index contributed by atoms with van der Waals surface area (Å²) in [6, 6.07) is 6.22. The van der Waals surface area contributed by atoms with Gasteiger partial charge in [-0.15, -0.1) is 11.3 Å². The van der Waals surface area contributed by atoms with E-state index in [1.54, 1.807) is 0 Å². The lowest BCUT2D eigenvalue weighted by molar-refractivity contribution is 0.0938. The third-order valence-electron chi connectivity index (χ3n) is 6.00. The van der Waals surface area contributed by atoms with Gasteiger partial charge in [-0.05, 0) is 43.5 Å². The number of nitrogen functional groups attached to an aromatic ring is 1. The van der Waals surface area contributed by atoms with Crippen LogP contribution < -0.4 is 21.3 Å². The number of fused-ring (bicyclic) bond motifs is 2. The lowest BCUT2D eigenvalue weighted by Crippen LogP contribution is -2.43. The number of carbonyl (C=O) groups excluding carboxylic acids is 1. The molecular weight excluding hydrogens is 396 g/mol. The van der Waals surface area contributed by atoms with Gasteiger partial charge < -0.3 is 21.3 Å². The van der Waals surface area contributed by atoms with Crippen LogP contribution in [0.3, 0.4) is 0 Å². The van der Waals surface area contributed by atoms with Gasteiger partial charge >= 0.3 is 0 Å². The van der Waals surface area contributed by atoms with Crippen LogP contribution in [0.2, 0.25) is 0 Å². The van der Waals surface area contributed by atoms with Crippen molar-refractivity contribution < 1.29 is 4.79 Å². The summed E-state index contributed by atoms with van der Waals surface area (Å²) < 4.78 is 0. The Morgan fingerprint density at radius 2 is 2.17 bits per heavy atom. The highest BCUT2D eigenvalue weighted by Crippen LogP contribution is 2.33. The Balaban J connectivity index is 1.29. The Labute approximate surface area is 179 Å². The molecule has 7 nitrogen and oxygen atoms in total. The van der Waals surface area contributed by atoms with E-state index in [1.807, 2.05) is 25.3 Å². The van der Waals surface area contributed by atoms with Crippen molar-refractivity contribution >= 4 is 38.8 Å². The number of hydrogen-bond donors (Lipinski definition) is 3. The minimum Gasteiger partial charge on any atom is -0.397 e. The summed E-state index contributed by atoms with van der Waals surface area (Å²) in [5.74, 6) is -0.112. The Hall–Kier alpha value is -2.71. The molecule has 0 bridgehead atoms. The maximum Gasteiger partial charge on any atom is 0.263 e. The molecule has 156 valence electrons. The van der Waals surface area contributed by atoms with Gasteiger partial charge in [-0.2, -0.15) is 0 Å². The van der Waals surface area contributed by atoms with Crippen LogP contribution in [-0.4, -0.2) is 48.1 Å². The van der Waals surface area contributed by atoms with Crippen molar-refractivity contribution in [2.75, 3.05) is 36.8 Å². The number of nitrogens with two attached hydrogens (primary N) is 1. The highest BCUT2D eigenvalue weighted by Gasteiger charge is 2.25. The zero-order valence-electron chi connectivity index (χ0n) is 17.1. The average Bonchev–Trinajstić information content (AvgIpc) is 3.09. The molecular formula is C22H26N6OS. The average molecular weight is 423 g/mol. The fourth-order valence-corrected chi connectivity index (χ4v) is 5.36. The number of pyridine rings is 2. The van der Waals surface area contributed by atoms with Crippen molar-refractivity contribution in [2.45, 2.75) is 32.2 Å². The van der Waals surface area contributed by atoms with Gasteiger partial charge in [0.2, 0.25) is 0 Å². The van der Waals surface area contributed by atoms with Crippen LogP contribution >= 0.6 is 11.3 Å². The number of rotatable bonds is 3. The molecule has 1 saturated heterocycles.